The average Bonchev–Trinajstić information content (AvgIpc) is 2.39. The molecule has 12 heteroatoms. The third-order valence-electron chi connectivity index (χ3n) is 2.41. The molecule has 0 aliphatic heterocycles. The van der Waals surface area contributed by atoms with Crippen LogP contribution in [0.4, 0.5) is 32.2 Å². The number of anilines is 1. The smallest absolute Gasteiger partial charge is 0.381 e. The third kappa shape index (κ3) is 3.96. The summed E-state index contributed by atoms with van der Waals surface area (Å²) >= 11 is 5.56. The van der Waals surface area contributed by atoms with Gasteiger partial charge in [0.2, 0.25) is 0 Å². The van der Waals surface area contributed by atoms with Crippen LogP contribution in [0.5, 0.6) is 0 Å². The molecule has 23 heavy (non-hydrogen) atoms. The zero-order chi connectivity index (χ0) is 17.4. The zero-order valence-electron chi connectivity index (χ0n) is 10.7. The molecule has 0 amide bonds. The summed E-state index contributed by atoms with van der Waals surface area (Å²) in [6.45, 7) is 0. The molecular weight excluding hydrogens is 370 g/mol. The van der Waals surface area contributed by atoms with Crippen molar-refractivity contribution < 1.29 is 26.3 Å². The molecule has 0 saturated heterocycles. The maximum Gasteiger partial charge on any atom is 0.434 e. The fraction of sp³-hybridized carbons (Fsp3) is 0.182. The molecule has 0 aliphatic rings. The van der Waals surface area contributed by atoms with E-state index in [1.165, 1.54) is 0 Å². The highest BCUT2D eigenvalue weighted by atomic mass is 35.5. The van der Waals surface area contributed by atoms with Crippen molar-refractivity contribution in [3.05, 3.63) is 34.9 Å². The van der Waals surface area contributed by atoms with E-state index >= 15 is 0 Å². The summed E-state index contributed by atoms with van der Waals surface area (Å²) in [6.07, 6.45) is -8.71. The predicted octanol–water partition coefficient (Wildman–Crippen LogP) is 4.30. The molecule has 0 radical (unpaired) electrons. The van der Waals surface area contributed by atoms with Crippen molar-refractivity contribution in [2.75, 3.05) is 5.73 Å². The molecule has 0 bridgehead atoms. The second kappa shape index (κ2) is 6.04. The summed E-state index contributed by atoms with van der Waals surface area (Å²) in [5, 5.41) is -0.497. The maximum absolute atomic E-state index is 13.0. The molecular formula is C11H5ClF6N4S. The number of rotatable bonds is 2. The highest BCUT2D eigenvalue weighted by molar-refractivity contribution is 7.99. The predicted molar refractivity (Wildman–Crippen MR) is 69.8 cm³/mol. The standard InChI is InChI=1S/C11H5ClF6N4S/c12-5-3-21-9(8(19)22-5)23-6-4(10(13,14)15)1-2-20-7(6)11(16,17)18/h1-3H,(H2,19,22). The number of nitrogens with zero attached hydrogens (tertiary/aromatic N) is 3. The fourth-order valence-electron chi connectivity index (χ4n) is 1.52. The van der Waals surface area contributed by atoms with Gasteiger partial charge in [0.05, 0.1) is 16.7 Å². The monoisotopic (exact) mass is 374 g/mol. The SMILES string of the molecule is Nc1nc(Cl)cnc1Sc1c(C(F)(F)F)ccnc1C(F)(F)F. The molecule has 2 rings (SSSR count). The van der Waals surface area contributed by atoms with Gasteiger partial charge in [-0.15, -0.1) is 0 Å². The van der Waals surface area contributed by atoms with Crippen LogP contribution in [0.15, 0.2) is 28.4 Å². The van der Waals surface area contributed by atoms with Crippen LogP contribution in [0, 0.1) is 0 Å². The lowest BCUT2D eigenvalue weighted by Gasteiger charge is -2.17. The first-order valence-corrected chi connectivity index (χ1v) is 6.79. The van der Waals surface area contributed by atoms with E-state index in [1.807, 2.05) is 0 Å². The Bertz CT molecular complexity index is 701. The lowest BCUT2D eigenvalue weighted by molar-refractivity contribution is -0.149. The van der Waals surface area contributed by atoms with Gasteiger partial charge in [0.15, 0.2) is 11.5 Å². The quantitative estimate of drug-likeness (QED) is 0.794. The van der Waals surface area contributed by atoms with E-state index in [4.69, 9.17) is 17.3 Å². The van der Waals surface area contributed by atoms with E-state index in [1.54, 1.807) is 0 Å². The first-order chi connectivity index (χ1) is 10.5. The fourth-order valence-corrected chi connectivity index (χ4v) is 2.67. The molecule has 4 nitrogen and oxygen atoms in total. The number of hydrogen-bond acceptors (Lipinski definition) is 5. The molecule has 0 aliphatic carbocycles. The highest BCUT2D eigenvalue weighted by Gasteiger charge is 2.42. The number of halogens is 7. The van der Waals surface area contributed by atoms with Gasteiger partial charge in [-0.2, -0.15) is 26.3 Å². The lowest BCUT2D eigenvalue weighted by atomic mass is 10.2. The highest BCUT2D eigenvalue weighted by Crippen LogP contribution is 2.45. The molecule has 2 N–H and O–H groups in total. The minimum Gasteiger partial charge on any atom is -0.381 e. The second-order valence-electron chi connectivity index (χ2n) is 4.02. The largest absolute Gasteiger partial charge is 0.434 e. The third-order valence-corrected chi connectivity index (χ3v) is 3.72. The van der Waals surface area contributed by atoms with Crippen molar-refractivity contribution in [2.24, 2.45) is 0 Å². The lowest BCUT2D eigenvalue weighted by Crippen LogP contribution is -2.15. The van der Waals surface area contributed by atoms with Gasteiger partial charge in [-0.25, -0.2) is 9.97 Å². The van der Waals surface area contributed by atoms with Gasteiger partial charge in [-0.1, -0.05) is 23.4 Å². The van der Waals surface area contributed by atoms with Gasteiger partial charge >= 0.3 is 12.4 Å². The Hall–Kier alpha value is -1.75. The Morgan fingerprint density at radius 2 is 1.70 bits per heavy atom. The van der Waals surface area contributed by atoms with Crippen molar-refractivity contribution in [3.63, 3.8) is 0 Å². The minimum absolute atomic E-state index is 0.0702. The van der Waals surface area contributed by atoms with Gasteiger partial charge in [0, 0.05) is 6.20 Å². The molecule has 0 fully saturated rings. The van der Waals surface area contributed by atoms with Crippen molar-refractivity contribution in [3.8, 4) is 0 Å². The second-order valence-corrected chi connectivity index (χ2v) is 5.40. The minimum atomic E-state index is -5.09. The summed E-state index contributed by atoms with van der Waals surface area (Å²) < 4.78 is 77.8. The molecule has 0 unspecified atom stereocenters. The molecule has 124 valence electrons. The van der Waals surface area contributed by atoms with E-state index < -0.39 is 34.3 Å². The average molecular weight is 375 g/mol. The van der Waals surface area contributed by atoms with Crippen LogP contribution in [0.3, 0.4) is 0 Å². The van der Waals surface area contributed by atoms with Crippen LogP contribution in [0.2, 0.25) is 5.15 Å². The normalized spacial score (nSPS) is 12.5. The van der Waals surface area contributed by atoms with Crippen LogP contribution in [-0.4, -0.2) is 15.0 Å². The zero-order valence-corrected chi connectivity index (χ0v) is 12.3. The molecule has 0 aromatic carbocycles. The molecule has 0 spiro atoms. The number of nitrogen functional groups attached to an aromatic ring is 1. The molecule has 2 heterocycles. The summed E-state index contributed by atoms with van der Waals surface area (Å²) in [5.41, 5.74) is 2.24. The number of aromatic nitrogens is 3. The Labute approximate surface area is 134 Å². The molecule has 0 atom stereocenters. The van der Waals surface area contributed by atoms with Gasteiger partial charge in [0.1, 0.15) is 10.2 Å². The van der Waals surface area contributed by atoms with Crippen LogP contribution < -0.4 is 5.73 Å². The summed E-state index contributed by atoms with van der Waals surface area (Å²) in [7, 11) is 0. The van der Waals surface area contributed by atoms with E-state index in [2.05, 4.69) is 15.0 Å². The summed E-state index contributed by atoms with van der Waals surface area (Å²) in [6, 6.07) is 0.442. The van der Waals surface area contributed by atoms with E-state index in [9.17, 15) is 26.3 Å². The van der Waals surface area contributed by atoms with Gasteiger partial charge in [-0.05, 0) is 6.07 Å². The summed E-state index contributed by atoms with van der Waals surface area (Å²) in [4.78, 5) is 8.98. The Morgan fingerprint density at radius 3 is 2.22 bits per heavy atom. The Balaban J connectivity index is 2.63. The number of alkyl halides is 6. The summed E-state index contributed by atoms with van der Waals surface area (Å²) in [5.74, 6) is -0.396. The first-order valence-electron chi connectivity index (χ1n) is 5.59. The van der Waals surface area contributed by atoms with E-state index in [0.717, 1.165) is 6.20 Å². The van der Waals surface area contributed by atoms with Crippen molar-refractivity contribution in [1.29, 1.82) is 0 Å². The van der Waals surface area contributed by atoms with Crippen LogP contribution in [0.1, 0.15) is 11.3 Å². The van der Waals surface area contributed by atoms with Gasteiger partial charge in [0.25, 0.3) is 0 Å². The Morgan fingerprint density at radius 1 is 1.04 bits per heavy atom. The van der Waals surface area contributed by atoms with Gasteiger partial charge < -0.3 is 5.73 Å². The van der Waals surface area contributed by atoms with E-state index in [0.29, 0.717) is 12.3 Å². The number of hydrogen-bond donors (Lipinski definition) is 1. The number of pyridine rings is 1. The molecule has 2 aromatic heterocycles. The topological polar surface area (TPSA) is 64.7 Å². The first kappa shape index (κ1) is 17.6. The van der Waals surface area contributed by atoms with Crippen LogP contribution in [0.25, 0.3) is 0 Å². The van der Waals surface area contributed by atoms with Crippen LogP contribution in [-0.2, 0) is 12.4 Å². The molecule has 2 aromatic rings. The van der Waals surface area contributed by atoms with Gasteiger partial charge in [-0.3, -0.25) is 4.98 Å². The number of nitrogens with two attached hydrogens (primary N) is 1. The Kier molecular flexibility index (Phi) is 4.62. The van der Waals surface area contributed by atoms with Crippen molar-refractivity contribution in [2.45, 2.75) is 22.3 Å². The van der Waals surface area contributed by atoms with Crippen molar-refractivity contribution >= 4 is 29.2 Å². The van der Waals surface area contributed by atoms with Crippen LogP contribution >= 0.6 is 23.4 Å². The van der Waals surface area contributed by atoms with E-state index in [-0.39, 0.29) is 21.9 Å². The maximum atomic E-state index is 13.0. The van der Waals surface area contributed by atoms with Crippen molar-refractivity contribution in [1.82, 2.24) is 15.0 Å². The molecule has 0 saturated carbocycles.